The van der Waals surface area contributed by atoms with Gasteiger partial charge in [-0.2, -0.15) is 0 Å². The van der Waals surface area contributed by atoms with Crippen molar-refractivity contribution in [3.63, 3.8) is 0 Å². The van der Waals surface area contributed by atoms with Crippen molar-refractivity contribution in [2.45, 2.75) is 44.6 Å². The number of rotatable bonds is 6. The summed E-state index contributed by atoms with van der Waals surface area (Å²) >= 11 is 3.53. The van der Waals surface area contributed by atoms with E-state index in [9.17, 15) is 0 Å². The Morgan fingerprint density at radius 2 is 2.20 bits per heavy atom. The molecular formula is C16H23BrN2O. The Balaban J connectivity index is 1.98. The first-order valence-corrected chi connectivity index (χ1v) is 7.98. The van der Waals surface area contributed by atoms with Gasteiger partial charge in [0, 0.05) is 6.04 Å². The highest BCUT2D eigenvalue weighted by molar-refractivity contribution is 9.10. The molecule has 0 aliphatic heterocycles. The number of nitrogens with one attached hydrogen (secondary N) is 1. The van der Waals surface area contributed by atoms with E-state index in [0.29, 0.717) is 6.04 Å². The summed E-state index contributed by atoms with van der Waals surface area (Å²) in [6.45, 7) is 0. The summed E-state index contributed by atoms with van der Waals surface area (Å²) < 4.78 is 6.25. The monoisotopic (exact) mass is 338 g/mol. The number of halogens is 1. The average Bonchev–Trinajstić information content (AvgIpc) is 2.48. The predicted molar refractivity (Wildman–Crippen MR) is 86.7 cm³/mol. The second-order valence-corrected chi connectivity index (χ2v) is 6.20. The SMILES string of the molecule is COc1ccc(CC(CC2=CCCCC2)NN)cc1Br. The summed E-state index contributed by atoms with van der Waals surface area (Å²) in [5.74, 6) is 6.58. The number of benzene rings is 1. The largest absolute Gasteiger partial charge is 0.496 e. The van der Waals surface area contributed by atoms with Crippen LogP contribution in [0.25, 0.3) is 0 Å². The minimum absolute atomic E-state index is 0.291. The molecule has 0 heterocycles. The van der Waals surface area contributed by atoms with Gasteiger partial charge in [-0.05, 0) is 72.2 Å². The summed E-state index contributed by atoms with van der Waals surface area (Å²) in [6, 6.07) is 6.49. The van der Waals surface area contributed by atoms with Crippen LogP contribution in [0.2, 0.25) is 0 Å². The van der Waals surface area contributed by atoms with Crippen molar-refractivity contribution < 1.29 is 4.74 Å². The average molecular weight is 339 g/mol. The van der Waals surface area contributed by atoms with Crippen molar-refractivity contribution in [2.75, 3.05) is 7.11 Å². The highest BCUT2D eigenvalue weighted by Crippen LogP contribution is 2.27. The molecule has 1 aliphatic rings. The van der Waals surface area contributed by atoms with E-state index in [1.807, 2.05) is 6.07 Å². The van der Waals surface area contributed by atoms with E-state index in [0.717, 1.165) is 23.1 Å². The Labute approximate surface area is 129 Å². The van der Waals surface area contributed by atoms with Crippen LogP contribution in [0, 0.1) is 0 Å². The van der Waals surface area contributed by atoms with Crippen molar-refractivity contribution in [3.8, 4) is 5.75 Å². The summed E-state index contributed by atoms with van der Waals surface area (Å²) in [5, 5.41) is 0. The van der Waals surface area contributed by atoms with Gasteiger partial charge in [0.1, 0.15) is 5.75 Å². The molecule has 0 radical (unpaired) electrons. The van der Waals surface area contributed by atoms with Gasteiger partial charge in [-0.3, -0.25) is 11.3 Å². The zero-order valence-electron chi connectivity index (χ0n) is 12.0. The maximum Gasteiger partial charge on any atom is 0.133 e. The fourth-order valence-electron chi connectivity index (χ4n) is 2.72. The molecule has 0 spiro atoms. The molecule has 0 amide bonds. The van der Waals surface area contributed by atoms with E-state index in [1.165, 1.54) is 31.2 Å². The van der Waals surface area contributed by atoms with E-state index in [-0.39, 0.29) is 0 Å². The number of hydrogen-bond donors (Lipinski definition) is 2. The molecular weight excluding hydrogens is 316 g/mol. The van der Waals surface area contributed by atoms with Gasteiger partial charge < -0.3 is 4.74 Å². The van der Waals surface area contributed by atoms with E-state index in [1.54, 1.807) is 12.7 Å². The van der Waals surface area contributed by atoms with Crippen LogP contribution in [0.15, 0.2) is 34.3 Å². The number of ether oxygens (including phenoxy) is 1. The summed E-state index contributed by atoms with van der Waals surface area (Å²) in [5.41, 5.74) is 5.77. The number of hydrazine groups is 1. The molecule has 0 fully saturated rings. The molecule has 1 aromatic carbocycles. The summed E-state index contributed by atoms with van der Waals surface area (Å²) in [7, 11) is 1.68. The molecule has 4 heteroatoms. The molecule has 1 aliphatic carbocycles. The number of hydrogen-bond acceptors (Lipinski definition) is 3. The fraction of sp³-hybridized carbons (Fsp3) is 0.500. The standard InChI is InChI=1S/C16H23BrN2O/c1-20-16-8-7-13(11-15(16)17)10-14(19-18)9-12-5-3-2-4-6-12/h5,7-8,11,14,19H,2-4,6,9-10,18H2,1H3. The normalized spacial score (nSPS) is 16.6. The molecule has 1 aromatic rings. The Bertz CT molecular complexity index is 474. The van der Waals surface area contributed by atoms with Gasteiger partial charge in [0.25, 0.3) is 0 Å². The fourth-order valence-corrected chi connectivity index (χ4v) is 3.31. The van der Waals surface area contributed by atoms with Crippen LogP contribution in [0.3, 0.4) is 0 Å². The molecule has 0 bridgehead atoms. The first-order valence-electron chi connectivity index (χ1n) is 7.19. The van der Waals surface area contributed by atoms with Crippen molar-refractivity contribution in [2.24, 2.45) is 5.84 Å². The van der Waals surface area contributed by atoms with Gasteiger partial charge in [0.15, 0.2) is 0 Å². The Morgan fingerprint density at radius 3 is 2.80 bits per heavy atom. The zero-order valence-corrected chi connectivity index (χ0v) is 13.6. The molecule has 3 N–H and O–H groups in total. The summed E-state index contributed by atoms with van der Waals surface area (Å²) in [6.07, 6.45) is 9.45. The second kappa shape index (κ2) is 7.81. The third-order valence-electron chi connectivity index (χ3n) is 3.83. The van der Waals surface area contributed by atoms with E-state index < -0.39 is 0 Å². The van der Waals surface area contributed by atoms with Crippen molar-refractivity contribution in [1.29, 1.82) is 0 Å². The highest BCUT2D eigenvalue weighted by atomic mass is 79.9. The quantitative estimate of drug-likeness (QED) is 0.472. The van der Waals surface area contributed by atoms with Gasteiger partial charge in [0.2, 0.25) is 0 Å². The lowest BCUT2D eigenvalue weighted by molar-refractivity contribution is 0.411. The zero-order chi connectivity index (χ0) is 14.4. The van der Waals surface area contributed by atoms with Crippen molar-refractivity contribution >= 4 is 15.9 Å². The number of allylic oxidation sites excluding steroid dienone is 1. The number of nitrogens with two attached hydrogens (primary N) is 1. The predicted octanol–water partition coefficient (Wildman–Crippen LogP) is 3.72. The maximum atomic E-state index is 5.72. The smallest absolute Gasteiger partial charge is 0.133 e. The highest BCUT2D eigenvalue weighted by Gasteiger charge is 2.13. The molecule has 0 aromatic heterocycles. The lowest BCUT2D eigenvalue weighted by Gasteiger charge is -2.20. The Morgan fingerprint density at radius 1 is 1.35 bits per heavy atom. The number of methoxy groups -OCH3 is 1. The minimum atomic E-state index is 0.291. The van der Waals surface area contributed by atoms with Crippen LogP contribution in [-0.4, -0.2) is 13.2 Å². The molecule has 2 rings (SSSR count). The van der Waals surface area contributed by atoms with Crippen LogP contribution in [0.4, 0.5) is 0 Å². The van der Waals surface area contributed by atoms with Gasteiger partial charge in [-0.25, -0.2) is 0 Å². The molecule has 0 saturated heterocycles. The van der Waals surface area contributed by atoms with E-state index >= 15 is 0 Å². The first-order chi connectivity index (χ1) is 9.72. The minimum Gasteiger partial charge on any atom is -0.496 e. The molecule has 20 heavy (non-hydrogen) atoms. The second-order valence-electron chi connectivity index (χ2n) is 5.35. The first kappa shape index (κ1) is 15.5. The molecule has 3 nitrogen and oxygen atoms in total. The lowest BCUT2D eigenvalue weighted by atomic mass is 9.92. The van der Waals surface area contributed by atoms with E-state index in [4.69, 9.17) is 10.6 Å². The Hall–Kier alpha value is -0.840. The topological polar surface area (TPSA) is 47.3 Å². The third kappa shape index (κ3) is 4.33. The van der Waals surface area contributed by atoms with Gasteiger partial charge in [-0.15, -0.1) is 0 Å². The van der Waals surface area contributed by atoms with Gasteiger partial charge in [0.05, 0.1) is 11.6 Å². The molecule has 0 saturated carbocycles. The van der Waals surface area contributed by atoms with Crippen LogP contribution in [-0.2, 0) is 6.42 Å². The van der Waals surface area contributed by atoms with Gasteiger partial charge in [-0.1, -0.05) is 17.7 Å². The van der Waals surface area contributed by atoms with Crippen molar-refractivity contribution in [3.05, 3.63) is 39.9 Å². The molecule has 1 atom stereocenters. The van der Waals surface area contributed by atoms with Crippen LogP contribution >= 0.6 is 15.9 Å². The molecule has 1 unspecified atom stereocenters. The third-order valence-corrected chi connectivity index (χ3v) is 4.45. The van der Waals surface area contributed by atoms with Crippen LogP contribution in [0.5, 0.6) is 5.75 Å². The molecule has 110 valence electrons. The van der Waals surface area contributed by atoms with Crippen molar-refractivity contribution in [1.82, 2.24) is 5.43 Å². The van der Waals surface area contributed by atoms with E-state index in [2.05, 4.69) is 39.6 Å². The summed E-state index contributed by atoms with van der Waals surface area (Å²) in [4.78, 5) is 0. The lowest BCUT2D eigenvalue weighted by Crippen LogP contribution is -2.37. The maximum absolute atomic E-state index is 5.72. The van der Waals surface area contributed by atoms with Gasteiger partial charge >= 0.3 is 0 Å². The van der Waals surface area contributed by atoms with Crippen LogP contribution in [0.1, 0.15) is 37.7 Å². The van der Waals surface area contributed by atoms with Crippen LogP contribution < -0.4 is 16.0 Å². The Kier molecular flexibility index (Phi) is 6.07.